The summed E-state index contributed by atoms with van der Waals surface area (Å²) in [4.78, 5) is 12.5. The van der Waals surface area contributed by atoms with E-state index < -0.39 is 5.41 Å². The second kappa shape index (κ2) is 4.59. The molecular formula is C13H16N6O. The van der Waals surface area contributed by atoms with Gasteiger partial charge in [0.15, 0.2) is 5.82 Å². The van der Waals surface area contributed by atoms with Gasteiger partial charge in [-0.05, 0) is 37.5 Å². The monoisotopic (exact) mass is 272 g/mol. The van der Waals surface area contributed by atoms with E-state index in [1.54, 1.807) is 0 Å². The number of tetrazole rings is 1. The molecule has 3 rings (SSSR count). The standard InChI is InChI=1S/C13H16N6O/c1-8(11-16-18-19-17-11)15-12(20)13(6-7-13)9-2-4-10(14)5-3-9/h2-5,8H,6-7,14H2,1H3,(H,15,20)(H,16,17,18,19). The Morgan fingerprint density at radius 2 is 2.10 bits per heavy atom. The van der Waals surface area contributed by atoms with E-state index in [1.165, 1.54) is 0 Å². The zero-order chi connectivity index (χ0) is 14.2. The van der Waals surface area contributed by atoms with Crippen molar-refractivity contribution in [3.05, 3.63) is 35.7 Å². The fraction of sp³-hybridized carbons (Fsp3) is 0.385. The molecule has 1 atom stereocenters. The minimum atomic E-state index is -0.425. The summed E-state index contributed by atoms with van der Waals surface area (Å²) in [6, 6.07) is 7.21. The Bertz CT molecular complexity index is 602. The van der Waals surface area contributed by atoms with Crippen molar-refractivity contribution < 1.29 is 4.79 Å². The van der Waals surface area contributed by atoms with Crippen LogP contribution in [0.2, 0.25) is 0 Å². The van der Waals surface area contributed by atoms with Crippen molar-refractivity contribution in [1.29, 1.82) is 0 Å². The molecule has 1 aromatic carbocycles. The fourth-order valence-corrected chi connectivity index (χ4v) is 2.33. The number of nitrogens with one attached hydrogen (secondary N) is 2. The Kier molecular flexibility index (Phi) is 2.89. The smallest absolute Gasteiger partial charge is 0.231 e. The third-order valence-corrected chi connectivity index (χ3v) is 3.74. The van der Waals surface area contributed by atoms with Crippen molar-refractivity contribution in [2.24, 2.45) is 0 Å². The maximum atomic E-state index is 12.5. The minimum absolute atomic E-state index is 0.000397. The van der Waals surface area contributed by atoms with Gasteiger partial charge in [0.25, 0.3) is 0 Å². The molecular weight excluding hydrogens is 256 g/mol. The predicted molar refractivity (Wildman–Crippen MR) is 72.5 cm³/mol. The van der Waals surface area contributed by atoms with Crippen LogP contribution in [0.3, 0.4) is 0 Å². The van der Waals surface area contributed by atoms with Crippen LogP contribution in [-0.2, 0) is 10.2 Å². The molecule has 1 aromatic heterocycles. The summed E-state index contributed by atoms with van der Waals surface area (Å²) in [5, 5.41) is 16.6. The van der Waals surface area contributed by atoms with Gasteiger partial charge in [-0.2, -0.15) is 5.21 Å². The number of benzene rings is 1. The van der Waals surface area contributed by atoms with Crippen LogP contribution in [0, 0.1) is 0 Å². The van der Waals surface area contributed by atoms with Crippen molar-refractivity contribution in [3.8, 4) is 0 Å². The molecule has 0 aliphatic heterocycles. The zero-order valence-electron chi connectivity index (χ0n) is 11.1. The van der Waals surface area contributed by atoms with Crippen LogP contribution in [0.25, 0.3) is 0 Å². The van der Waals surface area contributed by atoms with Crippen LogP contribution in [0.1, 0.15) is 37.2 Å². The number of aromatic nitrogens is 4. The molecule has 1 aliphatic rings. The number of aromatic amines is 1. The number of carbonyl (C=O) groups is 1. The lowest BCUT2D eigenvalue weighted by molar-refractivity contribution is -0.124. The van der Waals surface area contributed by atoms with Crippen molar-refractivity contribution in [3.63, 3.8) is 0 Å². The van der Waals surface area contributed by atoms with Crippen molar-refractivity contribution >= 4 is 11.6 Å². The molecule has 7 heteroatoms. The van der Waals surface area contributed by atoms with Gasteiger partial charge in [0.05, 0.1) is 11.5 Å². The predicted octanol–water partition coefficient (Wildman–Crippen LogP) is 0.691. The van der Waals surface area contributed by atoms with Gasteiger partial charge in [0.2, 0.25) is 5.91 Å². The molecule has 1 saturated carbocycles. The second-order valence-electron chi connectivity index (χ2n) is 5.17. The molecule has 1 unspecified atom stereocenters. The first kappa shape index (κ1) is 12.6. The molecule has 2 aromatic rings. The van der Waals surface area contributed by atoms with E-state index in [2.05, 4.69) is 25.9 Å². The number of amides is 1. The van der Waals surface area contributed by atoms with Gasteiger partial charge >= 0.3 is 0 Å². The van der Waals surface area contributed by atoms with Crippen LogP contribution in [0.5, 0.6) is 0 Å². The van der Waals surface area contributed by atoms with Crippen LogP contribution in [0.15, 0.2) is 24.3 Å². The highest BCUT2D eigenvalue weighted by Gasteiger charge is 2.51. The Labute approximate surface area is 115 Å². The number of hydrogen-bond acceptors (Lipinski definition) is 5. The van der Waals surface area contributed by atoms with Crippen LogP contribution in [0.4, 0.5) is 5.69 Å². The molecule has 1 amide bonds. The number of nitrogens with two attached hydrogens (primary N) is 1. The van der Waals surface area contributed by atoms with Gasteiger partial charge in [-0.3, -0.25) is 4.79 Å². The first-order valence-electron chi connectivity index (χ1n) is 6.52. The van der Waals surface area contributed by atoms with E-state index in [0.717, 1.165) is 18.4 Å². The molecule has 0 bridgehead atoms. The Morgan fingerprint density at radius 1 is 1.40 bits per heavy atom. The fourth-order valence-electron chi connectivity index (χ4n) is 2.33. The highest BCUT2D eigenvalue weighted by molar-refractivity contribution is 5.91. The first-order chi connectivity index (χ1) is 9.62. The van der Waals surface area contributed by atoms with E-state index in [-0.39, 0.29) is 11.9 Å². The summed E-state index contributed by atoms with van der Waals surface area (Å²) in [7, 11) is 0. The molecule has 7 nitrogen and oxygen atoms in total. The molecule has 1 heterocycles. The summed E-state index contributed by atoms with van der Waals surface area (Å²) in [5.74, 6) is 0.478. The third kappa shape index (κ3) is 2.11. The first-order valence-corrected chi connectivity index (χ1v) is 6.52. The molecule has 1 aliphatic carbocycles. The van der Waals surface area contributed by atoms with E-state index in [9.17, 15) is 4.79 Å². The molecule has 0 spiro atoms. The number of hydrogen-bond donors (Lipinski definition) is 3. The van der Waals surface area contributed by atoms with Crippen molar-refractivity contribution in [2.75, 3.05) is 5.73 Å². The van der Waals surface area contributed by atoms with Gasteiger partial charge in [0.1, 0.15) is 0 Å². The summed E-state index contributed by atoms with van der Waals surface area (Å²) >= 11 is 0. The summed E-state index contributed by atoms with van der Waals surface area (Å²) in [6.45, 7) is 1.84. The molecule has 0 radical (unpaired) electrons. The lowest BCUT2D eigenvalue weighted by atomic mass is 9.94. The zero-order valence-corrected chi connectivity index (χ0v) is 11.1. The van der Waals surface area contributed by atoms with Gasteiger partial charge in [-0.15, -0.1) is 10.2 Å². The number of carbonyl (C=O) groups excluding carboxylic acids is 1. The Hall–Kier alpha value is -2.44. The van der Waals surface area contributed by atoms with E-state index in [4.69, 9.17) is 5.73 Å². The minimum Gasteiger partial charge on any atom is -0.399 e. The van der Waals surface area contributed by atoms with Crippen molar-refractivity contribution in [2.45, 2.75) is 31.2 Å². The van der Waals surface area contributed by atoms with Crippen LogP contribution >= 0.6 is 0 Å². The summed E-state index contributed by atoms with van der Waals surface area (Å²) < 4.78 is 0. The maximum absolute atomic E-state index is 12.5. The summed E-state index contributed by atoms with van der Waals surface area (Å²) in [5.41, 5.74) is 6.96. The largest absolute Gasteiger partial charge is 0.399 e. The molecule has 20 heavy (non-hydrogen) atoms. The van der Waals surface area contributed by atoms with Crippen LogP contribution < -0.4 is 11.1 Å². The van der Waals surface area contributed by atoms with E-state index >= 15 is 0 Å². The quantitative estimate of drug-likeness (QED) is 0.709. The Morgan fingerprint density at radius 3 is 2.65 bits per heavy atom. The lowest BCUT2D eigenvalue weighted by Crippen LogP contribution is -2.36. The third-order valence-electron chi connectivity index (χ3n) is 3.74. The Balaban J connectivity index is 1.75. The molecule has 0 saturated heterocycles. The molecule has 4 N–H and O–H groups in total. The number of rotatable bonds is 4. The molecule has 1 fully saturated rings. The number of nitrogen functional groups attached to an aromatic ring is 1. The van der Waals surface area contributed by atoms with Gasteiger partial charge in [-0.1, -0.05) is 17.3 Å². The average molecular weight is 272 g/mol. The van der Waals surface area contributed by atoms with Crippen LogP contribution in [-0.4, -0.2) is 26.5 Å². The number of H-pyrrole nitrogens is 1. The van der Waals surface area contributed by atoms with E-state index in [1.807, 2.05) is 31.2 Å². The van der Waals surface area contributed by atoms with Gasteiger partial charge in [-0.25, -0.2) is 0 Å². The average Bonchev–Trinajstić information content (AvgIpc) is 3.06. The van der Waals surface area contributed by atoms with Gasteiger partial charge in [0, 0.05) is 5.69 Å². The van der Waals surface area contributed by atoms with E-state index in [0.29, 0.717) is 11.5 Å². The highest BCUT2D eigenvalue weighted by atomic mass is 16.2. The number of nitrogens with zero attached hydrogens (tertiary/aromatic N) is 3. The summed E-state index contributed by atoms with van der Waals surface area (Å²) in [6.07, 6.45) is 1.70. The molecule has 104 valence electrons. The van der Waals surface area contributed by atoms with Crippen molar-refractivity contribution in [1.82, 2.24) is 25.9 Å². The second-order valence-corrected chi connectivity index (χ2v) is 5.17. The normalized spacial score (nSPS) is 17.4. The maximum Gasteiger partial charge on any atom is 0.231 e. The van der Waals surface area contributed by atoms with Gasteiger partial charge < -0.3 is 11.1 Å². The topological polar surface area (TPSA) is 110 Å². The lowest BCUT2D eigenvalue weighted by Gasteiger charge is -2.18. The number of anilines is 1. The highest BCUT2D eigenvalue weighted by Crippen LogP contribution is 2.48. The SMILES string of the molecule is CC(NC(=O)C1(c2ccc(N)cc2)CC1)c1nn[nH]n1.